The molecule has 0 amide bonds. The Hall–Kier alpha value is -1.12. The van der Waals surface area contributed by atoms with Crippen molar-refractivity contribution in [2.45, 2.75) is 6.42 Å². The van der Waals surface area contributed by atoms with Crippen molar-refractivity contribution in [3.05, 3.63) is 22.8 Å². The molecule has 0 saturated carbocycles. The molecule has 0 aliphatic carbocycles. The van der Waals surface area contributed by atoms with Crippen LogP contribution in [0, 0.1) is 11.3 Å². The van der Waals surface area contributed by atoms with Crippen LogP contribution in [0.1, 0.15) is 6.42 Å². The van der Waals surface area contributed by atoms with E-state index in [1.807, 2.05) is 17.0 Å². The summed E-state index contributed by atoms with van der Waals surface area (Å²) in [6, 6.07) is 5.94. The fraction of sp³-hybridized carbons (Fsp3) is 0.455. The Labute approximate surface area is 104 Å². The first-order valence-corrected chi connectivity index (χ1v) is 5.80. The first-order valence-electron chi connectivity index (χ1n) is 5.01. The number of pyridine rings is 1. The van der Waals surface area contributed by atoms with Gasteiger partial charge >= 0.3 is 0 Å². The van der Waals surface area contributed by atoms with Crippen molar-refractivity contribution in [1.82, 2.24) is 4.98 Å². The summed E-state index contributed by atoms with van der Waals surface area (Å²) < 4.78 is 5.98. The van der Waals surface area contributed by atoms with Crippen molar-refractivity contribution >= 4 is 21.7 Å². The van der Waals surface area contributed by atoms with Gasteiger partial charge in [0, 0.05) is 26.4 Å². The third-order valence-corrected chi connectivity index (χ3v) is 2.72. The van der Waals surface area contributed by atoms with Crippen molar-refractivity contribution < 1.29 is 4.74 Å². The van der Waals surface area contributed by atoms with Crippen LogP contribution >= 0.6 is 15.9 Å². The van der Waals surface area contributed by atoms with Crippen LogP contribution in [0.15, 0.2) is 22.8 Å². The predicted octanol–water partition coefficient (Wildman–Crippen LogP) is 2.21. The second-order valence-corrected chi connectivity index (χ2v) is 4.05. The van der Waals surface area contributed by atoms with Crippen molar-refractivity contribution in [3.63, 3.8) is 0 Å². The molecule has 0 bridgehead atoms. The normalized spacial score (nSPS) is 9.81. The van der Waals surface area contributed by atoms with Crippen LogP contribution in [0.3, 0.4) is 0 Å². The average Bonchev–Trinajstić information content (AvgIpc) is 2.31. The zero-order chi connectivity index (χ0) is 11.8. The molecule has 0 aliphatic rings. The van der Waals surface area contributed by atoms with E-state index in [4.69, 9.17) is 10.00 Å². The molecular formula is C11H14BrN3O. The molecule has 1 heterocycles. The van der Waals surface area contributed by atoms with E-state index >= 15 is 0 Å². The molecule has 0 spiro atoms. The first kappa shape index (κ1) is 12.9. The van der Waals surface area contributed by atoms with Gasteiger partial charge in [0.05, 0.1) is 23.6 Å². The highest BCUT2D eigenvalue weighted by Crippen LogP contribution is 2.22. The third kappa shape index (κ3) is 3.80. The first-order chi connectivity index (χ1) is 7.79. The highest BCUT2D eigenvalue weighted by molar-refractivity contribution is 9.10. The molecule has 0 fully saturated rings. The Bertz CT molecular complexity index is 364. The molecule has 5 heteroatoms. The Balaban J connectivity index is 2.75. The zero-order valence-corrected chi connectivity index (χ0v) is 10.8. The number of ether oxygens (including phenoxy) is 1. The summed E-state index contributed by atoms with van der Waals surface area (Å²) >= 11 is 3.45. The van der Waals surface area contributed by atoms with Gasteiger partial charge in [-0.25, -0.2) is 4.98 Å². The summed E-state index contributed by atoms with van der Waals surface area (Å²) in [5, 5.41) is 8.62. The Morgan fingerprint density at radius 3 is 3.00 bits per heavy atom. The zero-order valence-electron chi connectivity index (χ0n) is 9.19. The minimum Gasteiger partial charge on any atom is -0.383 e. The summed E-state index contributed by atoms with van der Waals surface area (Å²) in [6.07, 6.45) is 2.22. The minimum atomic E-state index is 0.479. The van der Waals surface area contributed by atoms with Gasteiger partial charge in [-0.3, -0.25) is 0 Å². The molecule has 1 aromatic heterocycles. The van der Waals surface area contributed by atoms with E-state index in [9.17, 15) is 0 Å². The summed E-state index contributed by atoms with van der Waals surface area (Å²) in [6.45, 7) is 2.01. The lowest BCUT2D eigenvalue weighted by atomic mass is 10.3. The Kier molecular flexibility index (Phi) is 5.83. The monoisotopic (exact) mass is 283 g/mol. The number of nitriles is 1. The van der Waals surface area contributed by atoms with Crippen LogP contribution < -0.4 is 4.90 Å². The summed E-state index contributed by atoms with van der Waals surface area (Å²) in [5.41, 5.74) is 0. The Morgan fingerprint density at radius 2 is 2.38 bits per heavy atom. The second kappa shape index (κ2) is 7.20. The number of anilines is 1. The molecule has 1 aromatic rings. The van der Waals surface area contributed by atoms with Crippen molar-refractivity contribution in [3.8, 4) is 6.07 Å². The molecule has 0 unspecified atom stereocenters. The van der Waals surface area contributed by atoms with E-state index in [0.717, 1.165) is 16.8 Å². The highest BCUT2D eigenvalue weighted by Gasteiger charge is 2.10. The molecule has 0 N–H and O–H groups in total. The highest BCUT2D eigenvalue weighted by atomic mass is 79.9. The molecule has 0 aliphatic heterocycles. The largest absolute Gasteiger partial charge is 0.383 e. The van der Waals surface area contributed by atoms with Gasteiger partial charge in [0.1, 0.15) is 5.82 Å². The number of hydrogen-bond donors (Lipinski definition) is 0. The number of rotatable bonds is 6. The fourth-order valence-electron chi connectivity index (χ4n) is 1.32. The Morgan fingerprint density at radius 1 is 1.56 bits per heavy atom. The lowest BCUT2D eigenvalue weighted by Crippen LogP contribution is -2.29. The van der Waals surface area contributed by atoms with Gasteiger partial charge in [-0.05, 0) is 28.1 Å². The lowest BCUT2D eigenvalue weighted by Gasteiger charge is -2.23. The summed E-state index contributed by atoms with van der Waals surface area (Å²) in [7, 11) is 1.66. The number of nitrogens with zero attached hydrogens (tertiary/aromatic N) is 3. The van der Waals surface area contributed by atoms with Crippen molar-refractivity contribution in [1.29, 1.82) is 5.26 Å². The predicted molar refractivity (Wildman–Crippen MR) is 66.3 cm³/mol. The molecule has 0 saturated heterocycles. The second-order valence-electron chi connectivity index (χ2n) is 3.20. The van der Waals surface area contributed by atoms with Crippen LogP contribution in [0.5, 0.6) is 0 Å². The maximum absolute atomic E-state index is 8.62. The molecule has 4 nitrogen and oxygen atoms in total. The van der Waals surface area contributed by atoms with Crippen LogP contribution in [-0.2, 0) is 4.74 Å². The molecule has 86 valence electrons. The topological polar surface area (TPSA) is 49.1 Å². The average molecular weight is 284 g/mol. The van der Waals surface area contributed by atoms with Crippen LogP contribution in [-0.4, -0.2) is 31.8 Å². The van der Waals surface area contributed by atoms with E-state index in [1.165, 1.54) is 0 Å². The molecule has 1 rings (SSSR count). The van der Waals surface area contributed by atoms with Gasteiger partial charge < -0.3 is 9.64 Å². The number of halogens is 1. The van der Waals surface area contributed by atoms with Crippen LogP contribution in [0.2, 0.25) is 0 Å². The van der Waals surface area contributed by atoms with E-state index in [2.05, 4.69) is 27.0 Å². The SMILES string of the molecule is COCCN(CCC#N)c1ncccc1Br. The lowest BCUT2D eigenvalue weighted by molar-refractivity contribution is 0.205. The van der Waals surface area contributed by atoms with E-state index < -0.39 is 0 Å². The van der Waals surface area contributed by atoms with Gasteiger partial charge in [-0.1, -0.05) is 0 Å². The fourth-order valence-corrected chi connectivity index (χ4v) is 1.83. The summed E-state index contributed by atoms with van der Waals surface area (Å²) in [4.78, 5) is 6.34. The third-order valence-electron chi connectivity index (χ3n) is 2.10. The molecule has 0 atom stereocenters. The van der Waals surface area contributed by atoms with Gasteiger partial charge in [-0.2, -0.15) is 5.26 Å². The van der Waals surface area contributed by atoms with Crippen LogP contribution in [0.25, 0.3) is 0 Å². The molecular weight excluding hydrogens is 270 g/mol. The maximum atomic E-state index is 8.62. The molecule has 0 aromatic carbocycles. The van der Waals surface area contributed by atoms with E-state index in [-0.39, 0.29) is 0 Å². The number of methoxy groups -OCH3 is 1. The van der Waals surface area contributed by atoms with Gasteiger partial charge in [-0.15, -0.1) is 0 Å². The molecule has 0 radical (unpaired) electrons. The molecule has 16 heavy (non-hydrogen) atoms. The minimum absolute atomic E-state index is 0.479. The summed E-state index contributed by atoms with van der Waals surface area (Å²) in [5.74, 6) is 0.856. The maximum Gasteiger partial charge on any atom is 0.142 e. The van der Waals surface area contributed by atoms with Crippen molar-refractivity contribution in [2.75, 3.05) is 31.7 Å². The van der Waals surface area contributed by atoms with Gasteiger partial charge in [0.2, 0.25) is 0 Å². The number of aromatic nitrogens is 1. The quantitative estimate of drug-likeness (QED) is 0.803. The van der Waals surface area contributed by atoms with Crippen LogP contribution in [0.4, 0.5) is 5.82 Å². The van der Waals surface area contributed by atoms with Gasteiger partial charge in [0.15, 0.2) is 0 Å². The number of hydrogen-bond acceptors (Lipinski definition) is 4. The van der Waals surface area contributed by atoms with Crippen molar-refractivity contribution in [2.24, 2.45) is 0 Å². The smallest absolute Gasteiger partial charge is 0.142 e. The standard InChI is InChI=1S/C11H14BrN3O/c1-16-9-8-15(7-3-5-13)11-10(12)4-2-6-14-11/h2,4,6H,3,7-9H2,1H3. The van der Waals surface area contributed by atoms with E-state index in [0.29, 0.717) is 19.6 Å². The van der Waals surface area contributed by atoms with Gasteiger partial charge in [0.25, 0.3) is 0 Å². The van der Waals surface area contributed by atoms with E-state index in [1.54, 1.807) is 13.3 Å².